The van der Waals surface area contributed by atoms with Crippen LogP contribution in [0, 0.1) is 0 Å². The van der Waals surface area contributed by atoms with Crippen LogP contribution in [0.3, 0.4) is 0 Å². The summed E-state index contributed by atoms with van der Waals surface area (Å²) in [5.41, 5.74) is 2.45. The molecule has 1 atom stereocenters. The van der Waals surface area contributed by atoms with Crippen molar-refractivity contribution < 1.29 is 9.90 Å². The Labute approximate surface area is 161 Å². The van der Waals surface area contributed by atoms with Crippen LogP contribution in [0.15, 0.2) is 79.1 Å². The molecule has 0 saturated heterocycles. The highest BCUT2D eigenvalue weighted by molar-refractivity contribution is 5.92. The molecule has 28 heavy (non-hydrogen) atoms. The molecule has 2 N–H and O–H groups in total. The van der Waals surface area contributed by atoms with E-state index < -0.39 is 12.0 Å². The van der Waals surface area contributed by atoms with Crippen molar-refractivity contribution in [2.45, 2.75) is 12.5 Å². The fourth-order valence-electron chi connectivity index (χ4n) is 3.03. The number of fused-ring (bicyclic) bond motifs is 1. The Balaban J connectivity index is 1.74. The molecular weight excluding hydrogens is 352 g/mol. The van der Waals surface area contributed by atoms with Crippen LogP contribution in [0.4, 0.5) is 5.82 Å². The predicted octanol–water partition coefficient (Wildman–Crippen LogP) is 3.80. The lowest BCUT2D eigenvalue weighted by molar-refractivity contribution is -0.137. The number of pyridine rings is 1. The molecule has 4 rings (SSSR count). The van der Waals surface area contributed by atoms with Gasteiger partial charge in [0.05, 0.1) is 5.52 Å². The molecule has 6 nitrogen and oxygen atoms in total. The second kappa shape index (κ2) is 7.84. The van der Waals surface area contributed by atoms with Crippen LogP contribution >= 0.6 is 0 Å². The molecule has 0 saturated carbocycles. The molecule has 0 amide bonds. The third-order valence-electron chi connectivity index (χ3n) is 4.41. The summed E-state index contributed by atoms with van der Waals surface area (Å²) in [5.74, 6) is 0.0559. The van der Waals surface area contributed by atoms with E-state index in [1.54, 1.807) is 12.4 Å². The van der Waals surface area contributed by atoms with Gasteiger partial charge in [-0.05, 0) is 29.8 Å². The minimum Gasteiger partial charge on any atom is -0.480 e. The Morgan fingerprint density at radius 2 is 1.75 bits per heavy atom. The van der Waals surface area contributed by atoms with Crippen molar-refractivity contribution in [1.29, 1.82) is 0 Å². The number of anilines is 1. The summed E-state index contributed by atoms with van der Waals surface area (Å²) in [7, 11) is 0. The predicted molar refractivity (Wildman–Crippen MR) is 108 cm³/mol. The molecule has 2 aromatic carbocycles. The monoisotopic (exact) mass is 370 g/mol. The fourth-order valence-corrected chi connectivity index (χ4v) is 3.03. The van der Waals surface area contributed by atoms with E-state index in [-0.39, 0.29) is 0 Å². The fraction of sp³-hybridized carbons (Fsp3) is 0.0909. The van der Waals surface area contributed by atoms with E-state index >= 15 is 0 Å². The molecule has 2 aromatic heterocycles. The molecule has 0 aliphatic carbocycles. The van der Waals surface area contributed by atoms with Gasteiger partial charge in [0.15, 0.2) is 5.82 Å². The summed E-state index contributed by atoms with van der Waals surface area (Å²) in [6, 6.07) is 19.9. The first-order chi connectivity index (χ1) is 13.7. The number of aliphatic carboxylic acids is 1. The van der Waals surface area contributed by atoms with Crippen LogP contribution in [0.2, 0.25) is 0 Å². The summed E-state index contributed by atoms with van der Waals surface area (Å²) in [6.45, 7) is 0. The zero-order valence-electron chi connectivity index (χ0n) is 15.0. The molecule has 0 spiro atoms. The molecule has 0 radical (unpaired) electrons. The molecule has 4 aromatic rings. The summed E-state index contributed by atoms with van der Waals surface area (Å²) in [6.07, 6.45) is 3.72. The van der Waals surface area contributed by atoms with E-state index in [4.69, 9.17) is 0 Å². The molecule has 0 aliphatic heterocycles. The highest BCUT2D eigenvalue weighted by Crippen LogP contribution is 2.25. The van der Waals surface area contributed by atoms with Gasteiger partial charge in [0.1, 0.15) is 11.9 Å². The van der Waals surface area contributed by atoms with Gasteiger partial charge in [-0.25, -0.2) is 14.8 Å². The summed E-state index contributed by atoms with van der Waals surface area (Å²) >= 11 is 0. The third-order valence-corrected chi connectivity index (χ3v) is 4.41. The maximum Gasteiger partial charge on any atom is 0.326 e. The van der Waals surface area contributed by atoms with Gasteiger partial charge in [-0.1, -0.05) is 42.5 Å². The molecule has 138 valence electrons. The lowest BCUT2D eigenvalue weighted by Crippen LogP contribution is -2.32. The number of benzene rings is 2. The SMILES string of the molecule is O=C(O)C(Cc1ccccc1)Nc1nc(-c2cccnc2)nc2ccccc12. The molecular formula is C22H18N4O2. The second-order valence-corrected chi connectivity index (χ2v) is 6.38. The molecule has 0 aliphatic rings. The molecule has 2 heterocycles. The van der Waals surface area contributed by atoms with Gasteiger partial charge in [0, 0.05) is 29.8 Å². The van der Waals surface area contributed by atoms with Crippen molar-refractivity contribution in [3.05, 3.63) is 84.7 Å². The zero-order valence-corrected chi connectivity index (χ0v) is 15.0. The van der Waals surface area contributed by atoms with Gasteiger partial charge < -0.3 is 10.4 Å². The molecule has 1 unspecified atom stereocenters. The molecule has 0 fully saturated rings. The highest BCUT2D eigenvalue weighted by Gasteiger charge is 2.20. The Morgan fingerprint density at radius 1 is 0.964 bits per heavy atom. The van der Waals surface area contributed by atoms with E-state index in [1.165, 1.54) is 0 Å². The summed E-state index contributed by atoms with van der Waals surface area (Å²) in [4.78, 5) is 25.2. The van der Waals surface area contributed by atoms with Crippen LogP contribution in [-0.2, 0) is 11.2 Å². The third kappa shape index (κ3) is 3.81. The largest absolute Gasteiger partial charge is 0.480 e. The topological polar surface area (TPSA) is 88.0 Å². The number of carboxylic acids is 1. The number of hydrogen-bond acceptors (Lipinski definition) is 5. The molecule has 6 heteroatoms. The first kappa shape index (κ1) is 17.6. The van der Waals surface area contributed by atoms with Crippen LogP contribution in [-0.4, -0.2) is 32.1 Å². The maximum absolute atomic E-state index is 11.9. The number of aromatic nitrogens is 3. The van der Waals surface area contributed by atoms with Crippen molar-refractivity contribution >= 4 is 22.7 Å². The lowest BCUT2D eigenvalue weighted by Gasteiger charge is -2.17. The molecule has 0 bridgehead atoms. The Hall–Kier alpha value is -3.80. The van der Waals surface area contributed by atoms with Crippen molar-refractivity contribution in [1.82, 2.24) is 15.0 Å². The highest BCUT2D eigenvalue weighted by atomic mass is 16.4. The van der Waals surface area contributed by atoms with E-state index in [0.717, 1.165) is 22.0 Å². The van der Waals surface area contributed by atoms with Gasteiger partial charge >= 0.3 is 5.97 Å². The number of nitrogens with one attached hydrogen (secondary N) is 1. The first-order valence-electron chi connectivity index (χ1n) is 8.91. The quantitative estimate of drug-likeness (QED) is 0.537. The van der Waals surface area contributed by atoms with Gasteiger partial charge in [0.25, 0.3) is 0 Å². The number of para-hydroxylation sites is 1. The van der Waals surface area contributed by atoms with Crippen LogP contribution in [0.25, 0.3) is 22.3 Å². The van der Waals surface area contributed by atoms with Crippen molar-refractivity contribution in [2.75, 3.05) is 5.32 Å². The Morgan fingerprint density at radius 3 is 2.50 bits per heavy atom. The second-order valence-electron chi connectivity index (χ2n) is 6.38. The standard InChI is InChI=1S/C22H18N4O2/c27-22(28)19(13-15-7-2-1-3-8-15)25-21-17-10-4-5-11-18(17)24-20(26-21)16-9-6-12-23-14-16/h1-12,14,19H,13H2,(H,27,28)(H,24,25,26). The lowest BCUT2D eigenvalue weighted by atomic mass is 10.1. The Kier molecular flexibility index (Phi) is 4.93. The van der Waals surface area contributed by atoms with Crippen LogP contribution in [0.5, 0.6) is 0 Å². The summed E-state index contributed by atoms with van der Waals surface area (Å²) in [5, 5.41) is 13.6. The van der Waals surface area contributed by atoms with Crippen molar-refractivity contribution in [3.63, 3.8) is 0 Å². The van der Waals surface area contributed by atoms with E-state index in [0.29, 0.717) is 18.1 Å². The average molecular weight is 370 g/mol. The number of rotatable bonds is 6. The summed E-state index contributed by atoms with van der Waals surface area (Å²) < 4.78 is 0. The average Bonchev–Trinajstić information content (AvgIpc) is 2.74. The minimum absolute atomic E-state index is 0.344. The van der Waals surface area contributed by atoms with Gasteiger partial charge in [0.2, 0.25) is 0 Å². The van der Waals surface area contributed by atoms with E-state index in [1.807, 2.05) is 66.7 Å². The first-order valence-corrected chi connectivity index (χ1v) is 8.91. The number of nitrogens with zero attached hydrogens (tertiary/aromatic N) is 3. The van der Waals surface area contributed by atoms with Crippen molar-refractivity contribution in [3.8, 4) is 11.4 Å². The number of hydrogen-bond donors (Lipinski definition) is 2. The number of carboxylic acid groups (broad SMARTS) is 1. The van der Waals surface area contributed by atoms with Crippen LogP contribution in [0.1, 0.15) is 5.56 Å². The minimum atomic E-state index is -0.936. The van der Waals surface area contributed by atoms with Gasteiger partial charge in [-0.2, -0.15) is 0 Å². The van der Waals surface area contributed by atoms with Crippen LogP contribution < -0.4 is 5.32 Å². The number of carbonyl (C=O) groups is 1. The Bertz CT molecular complexity index is 1100. The normalized spacial score (nSPS) is 11.9. The van der Waals surface area contributed by atoms with Gasteiger partial charge in [-0.15, -0.1) is 0 Å². The van der Waals surface area contributed by atoms with E-state index in [9.17, 15) is 9.90 Å². The zero-order chi connectivity index (χ0) is 19.3. The van der Waals surface area contributed by atoms with Gasteiger partial charge in [-0.3, -0.25) is 4.98 Å². The van der Waals surface area contributed by atoms with Crippen molar-refractivity contribution in [2.24, 2.45) is 0 Å². The van der Waals surface area contributed by atoms with E-state index in [2.05, 4.69) is 20.3 Å². The smallest absolute Gasteiger partial charge is 0.326 e. The maximum atomic E-state index is 11.9.